The molecule has 0 aliphatic carbocycles. The zero-order valence-electron chi connectivity index (χ0n) is 25.6. The molecule has 6 rings (SSSR count). The maximum absolute atomic E-state index is 13.5. The number of nitrogens with zero attached hydrogens (tertiary/aromatic N) is 4. The highest BCUT2D eigenvalue weighted by atomic mass is 79.9. The lowest BCUT2D eigenvalue weighted by atomic mass is 9.91. The summed E-state index contributed by atoms with van der Waals surface area (Å²) in [6, 6.07) is 22.4. The summed E-state index contributed by atoms with van der Waals surface area (Å²) in [5, 5.41) is 4.16. The highest BCUT2D eigenvalue weighted by Gasteiger charge is 2.37. The molecule has 9 nitrogen and oxygen atoms in total. The van der Waals surface area contributed by atoms with Crippen LogP contribution in [0, 0.1) is 5.82 Å². The second-order valence-corrected chi connectivity index (χ2v) is 14.3. The van der Waals surface area contributed by atoms with E-state index < -0.39 is 15.4 Å². The van der Waals surface area contributed by atoms with E-state index in [1.165, 1.54) is 18.5 Å². The Kier molecular flexibility index (Phi) is 9.81. The van der Waals surface area contributed by atoms with E-state index in [0.29, 0.717) is 47.9 Å². The van der Waals surface area contributed by atoms with Crippen molar-refractivity contribution in [1.82, 2.24) is 19.9 Å². The molecule has 1 unspecified atom stereocenters. The maximum Gasteiger partial charge on any atom is 0.179 e. The number of aromatic nitrogens is 3. The average molecular weight is 719 g/mol. The number of halogens is 2. The van der Waals surface area contributed by atoms with Crippen molar-refractivity contribution in [3.8, 4) is 5.75 Å². The molecule has 0 saturated heterocycles. The largest absolute Gasteiger partial charge is 0.489 e. The molecule has 3 heterocycles. The third-order valence-corrected chi connectivity index (χ3v) is 10.4. The van der Waals surface area contributed by atoms with Crippen LogP contribution in [0.15, 0.2) is 113 Å². The number of ether oxygens (including phenoxy) is 2. The van der Waals surface area contributed by atoms with Crippen LogP contribution in [0.1, 0.15) is 24.1 Å². The van der Waals surface area contributed by atoms with E-state index in [-0.39, 0.29) is 18.2 Å². The van der Waals surface area contributed by atoms with Gasteiger partial charge in [0, 0.05) is 37.0 Å². The van der Waals surface area contributed by atoms with Crippen LogP contribution < -0.4 is 10.1 Å². The number of hydrogen-bond acceptors (Lipinski definition) is 9. The van der Waals surface area contributed by atoms with Gasteiger partial charge in [-0.25, -0.2) is 22.8 Å². The summed E-state index contributed by atoms with van der Waals surface area (Å²) in [4.78, 5) is 16.0. The van der Waals surface area contributed by atoms with Gasteiger partial charge in [0.25, 0.3) is 0 Å². The predicted octanol–water partition coefficient (Wildman–Crippen LogP) is 7.17. The van der Waals surface area contributed by atoms with Crippen LogP contribution in [0.3, 0.4) is 0 Å². The number of pyridine rings is 1. The summed E-state index contributed by atoms with van der Waals surface area (Å²) in [5.74, 6) is 0.940. The van der Waals surface area contributed by atoms with E-state index in [2.05, 4.69) is 31.2 Å². The Morgan fingerprint density at radius 3 is 2.64 bits per heavy atom. The van der Waals surface area contributed by atoms with Crippen LogP contribution in [-0.2, 0) is 26.8 Å². The topological polar surface area (TPSA) is 107 Å². The summed E-state index contributed by atoms with van der Waals surface area (Å²) in [6.07, 6.45) is 8.10. The molecular weight excluding hydrogens is 685 g/mol. The first-order chi connectivity index (χ1) is 22.7. The first-order valence-electron chi connectivity index (χ1n) is 15.1. The number of hydrogen-bond donors (Lipinski definition) is 1. The SMILES string of the molecule is CN(CCC1(c2cc3c(Nc4ccc(OCc5cccc(F)c5)c(Br)c4)ncnc3cn2)CC=CO1)CCS(=O)(=O)c1ccccc1. The Bertz CT molecular complexity index is 2000. The molecule has 1 aliphatic rings. The Morgan fingerprint density at radius 1 is 1.02 bits per heavy atom. The number of benzene rings is 3. The van der Waals surface area contributed by atoms with Crippen molar-refractivity contribution in [2.75, 3.05) is 31.2 Å². The Balaban J connectivity index is 1.15. The fourth-order valence-electron chi connectivity index (χ4n) is 5.35. The van der Waals surface area contributed by atoms with Gasteiger partial charge in [-0.15, -0.1) is 0 Å². The number of rotatable bonds is 13. The summed E-state index contributed by atoms with van der Waals surface area (Å²) in [7, 11) is -1.46. The molecule has 242 valence electrons. The normalized spacial score (nSPS) is 16.0. The van der Waals surface area contributed by atoms with Crippen LogP contribution >= 0.6 is 15.9 Å². The molecule has 12 heteroatoms. The van der Waals surface area contributed by atoms with E-state index in [0.717, 1.165) is 26.8 Å². The molecule has 0 saturated carbocycles. The Labute approximate surface area is 281 Å². The molecule has 1 aliphatic heterocycles. The van der Waals surface area contributed by atoms with Gasteiger partial charge in [-0.1, -0.05) is 30.3 Å². The molecule has 3 aromatic carbocycles. The fourth-order valence-corrected chi connectivity index (χ4v) is 7.20. The molecule has 5 aromatic rings. The third kappa shape index (κ3) is 7.78. The van der Waals surface area contributed by atoms with Gasteiger partial charge >= 0.3 is 0 Å². The zero-order valence-corrected chi connectivity index (χ0v) is 28.0. The van der Waals surface area contributed by atoms with Gasteiger partial charge in [-0.2, -0.15) is 0 Å². The molecule has 2 aromatic heterocycles. The molecule has 0 amide bonds. The fraction of sp³-hybridized carbons (Fsp3) is 0.229. The third-order valence-electron chi connectivity index (χ3n) is 8.05. The van der Waals surface area contributed by atoms with Crippen LogP contribution in [0.5, 0.6) is 5.75 Å². The minimum atomic E-state index is -3.38. The maximum atomic E-state index is 13.5. The van der Waals surface area contributed by atoms with Gasteiger partial charge in [0.1, 0.15) is 30.3 Å². The van der Waals surface area contributed by atoms with E-state index in [1.807, 2.05) is 48.4 Å². The van der Waals surface area contributed by atoms with Crippen molar-refractivity contribution in [3.05, 3.63) is 125 Å². The second-order valence-electron chi connectivity index (χ2n) is 11.4. The van der Waals surface area contributed by atoms with Gasteiger partial charge in [0.2, 0.25) is 0 Å². The summed E-state index contributed by atoms with van der Waals surface area (Å²) in [6.45, 7) is 1.22. The van der Waals surface area contributed by atoms with Gasteiger partial charge in [-0.3, -0.25) is 4.98 Å². The van der Waals surface area contributed by atoms with Crippen LogP contribution in [0.25, 0.3) is 10.9 Å². The Morgan fingerprint density at radius 2 is 1.87 bits per heavy atom. The van der Waals surface area contributed by atoms with E-state index in [1.54, 1.807) is 48.9 Å². The zero-order chi connectivity index (χ0) is 32.9. The molecule has 0 radical (unpaired) electrons. The lowest BCUT2D eigenvalue weighted by Crippen LogP contribution is -2.34. The molecule has 0 spiro atoms. The number of sulfone groups is 1. The summed E-state index contributed by atoms with van der Waals surface area (Å²) in [5.41, 5.74) is 2.20. The van der Waals surface area contributed by atoms with E-state index in [4.69, 9.17) is 14.5 Å². The van der Waals surface area contributed by atoms with E-state index >= 15 is 0 Å². The molecular formula is C35H33BrFN5O4S. The monoisotopic (exact) mass is 717 g/mol. The first-order valence-corrected chi connectivity index (χ1v) is 17.5. The molecule has 0 bridgehead atoms. The first kappa shape index (κ1) is 32.5. The van der Waals surface area contributed by atoms with Crippen molar-refractivity contribution in [1.29, 1.82) is 0 Å². The number of anilines is 2. The van der Waals surface area contributed by atoms with Gasteiger partial charge in [-0.05, 0) is 83.1 Å². The second kappa shape index (κ2) is 14.2. The van der Waals surface area contributed by atoms with Gasteiger partial charge in [0.05, 0.1) is 38.8 Å². The molecule has 1 N–H and O–H groups in total. The lowest BCUT2D eigenvalue weighted by Gasteiger charge is -2.30. The highest BCUT2D eigenvalue weighted by Crippen LogP contribution is 2.39. The van der Waals surface area contributed by atoms with Gasteiger partial charge < -0.3 is 19.7 Å². The van der Waals surface area contributed by atoms with Crippen molar-refractivity contribution >= 4 is 48.2 Å². The number of nitrogens with one attached hydrogen (secondary N) is 1. The lowest BCUT2D eigenvalue weighted by molar-refractivity contribution is 0.0209. The van der Waals surface area contributed by atoms with E-state index in [9.17, 15) is 12.8 Å². The highest BCUT2D eigenvalue weighted by molar-refractivity contribution is 9.10. The Hall–Kier alpha value is -4.39. The smallest absolute Gasteiger partial charge is 0.179 e. The molecule has 0 fully saturated rings. The van der Waals surface area contributed by atoms with Crippen molar-refractivity contribution < 1.29 is 22.3 Å². The summed E-state index contributed by atoms with van der Waals surface area (Å²) < 4.78 is 51.9. The van der Waals surface area contributed by atoms with Crippen molar-refractivity contribution in [2.24, 2.45) is 0 Å². The minimum Gasteiger partial charge on any atom is -0.489 e. The number of fused-ring (bicyclic) bond motifs is 1. The average Bonchev–Trinajstić information content (AvgIpc) is 3.57. The van der Waals surface area contributed by atoms with Gasteiger partial charge in [0.15, 0.2) is 15.4 Å². The quantitative estimate of drug-likeness (QED) is 0.136. The standard InChI is InChI=1S/C35H33BrFN5O4S/c1-42(16-18-47(43,44)28-9-3-2-4-10-28)15-14-35(13-6-17-46-35)33-21-29-31(22-38-33)39-24-40-34(29)41-27-11-12-32(30(36)20-27)45-23-25-7-5-8-26(37)19-25/h2-12,17,19-22,24H,13-16,18,23H2,1H3,(H,39,40,41). The molecule has 1 atom stereocenters. The van der Waals surface area contributed by atoms with Crippen molar-refractivity contribution in [3.63, 3.8) is 0 Å². The predicted molar refractivity (Wildman–Crippen MR) is 183 cm³/mol. The molecule has 47 heavy (non-hydrogen) atoms. The van der Waals surface area contributed by atoms with Crippen molar-refractivity contribution in [2.45, 2.75) is 29.9 Å². The minimum absolute atomic E-state index is 0.0242. The van der Waals surface area contributed by atoms with Crippen LogP contribution in [0.4, 0.5) is 15.9 Å². The summed E-state index contributed by atoms with van der Waals surface area (Å²) >= 11 is 3.58. The van der Waals surface area contributed by atoms with Crippen LogP contribution in [0.2, 0.25) is 0 Å². The van der Waals surface area contributed by atoms with Crippen LogP contribution in [-0.4, -0.2) is 54.2 Å².